The monoisotopic (exact) mass is 361 g/mol. The molecule has 0 spiro atoms. The summed E-state index contributed by atoms with van der Waals surface area (Å²) < 4.78 is 3.14. The van der Waals surface area contributed by atoms with Crippen LogP contribution in [0.4, 0.5) is 5.69 Å². The number of anilines is 1. The van der Waals surface area contributed by atoms with Gasteiger partial charge in [-0.25, -0.2) is 4.98 Å². The SMILES string of the molecule is Nc1ccc2c(c1)nc(C1CC1)n2-c1ccc(Br)cc1Cl. The van der Waals surface area contributed by atoms with Gasteiger partial charge in [-0.2, -0.15) is 0 Å². The zero-order chi connectivity index (χ0) is 14.6. The second kappa shape index (κ2) is 4.75. The normalized spacial score (nSPS) is 14.8. The van der Waals surface area contributed by atoms with Crippen LogP contribution in [0, 0.1) is 0 Å². The third-order valence-electron chi connectivity index (χ3n) is 3.80. The summed E-state index contributed by atoms with van der Waals surface area (Å²) in [5.41, 5.74) is 9.56. The predicted molar refractivity (Wildman–Crippen MR) is 90.2 cm³/mol. The molecule has 0 saturated heterocycles. The summed E-state index contributed by atoms with van der Waals surface area (Å²) >= 11 is 9.90. The fourth-order valence-corrected chi connectivity index (χ4v) is 3.41. The van der Waals surface area contributed by atoms with Crippen LogP contribution in [0.1, 0.15) is 24.6 Å². The van der Waals surface area contributed by atoms with Crippen molar-refractivity contribution in [3.8, 4) is 5.69 Å². The lowest BCUT2D eigenvalue weighted by Crippen LogP contribution is -2.00. The van der Waals surface area contributed by atoms with Crippen LogP contribution in [0.2, 0.25) is 5.02 Å². The van der Waals surface area contributed by atoms with Gasteiger partial charge in [0.2, 0.25) is 0 Å². The molecule has 0 bridgehead atoms. The first kappa shape index (κ1) is 13.2. The van der Waals surface area contributed by atoms with Crippen molar-refractivity contribution < 1.29 is 0 Å². The molecule has 0 aliphatic heterocycles. The van der Waals surface area contributed by atoms with Crippen LogP contribution in [0.3, 0.4) is 0 Å². The predicted octanol–water partition coefficient (Wildman–Crippen LogP) is 4.90. The van der Waals surface area contributed by atoms with Crippen molar-refractivity contribution in [3.05, 3.63) is 51.7 Å². The maximum atomic E-state index is 6.45. The Kier molecular flexibility index (Phi) is 2.98. The van der Waals surface area contributed by atoms with Crippen LogP contribution in [-0.2, 0) is 0 Å². The average Bonchev–Trinajstić information content (AvgIpc) is 3.21. The van der Waals surface area contributed by atoms with Crippen LogP contribution in [-0.4, -0.2) is 9.55 Å². The second-order valence-corrected chi connectivity index (χ2v) is 6.75. The van der Waals surface area contributed by atoms with E-state index < -0.39 is 0 Å². The molecule has 2 N–H and O–H groups in total. The Balaban J connectivity index is 2.03. The smallest absolute Gasteiger partial charge is 0.117 e. The average molecular weight is 363 g/mol. The summed E-state index contributed by atoms with van der Waals surface area (Å²) in [7, 11) is 0. The molecular formula is C16H13BrClN3. The molecule has 5 heteroatoms. The number of rotatable bonds is 2. The number of nitrogens with two attached hydrogens (primary N) is 1. The third-order valence-corrected chi connectivity index (χ3v) is 4.59. The lowest BCUT2D eigenvalue weighted by Gasteiger charge is -2.11. The Morgan fingerprint density at radius 1 is 1.19 bits per heavy atom. The van der Waals surface area contributed by atoms with E-state index in [1.54, 1.807) is 0 Å². The van der Waals surface area contributed by atoms with Crippen LogP contribution in [0.5, 0.6) is 0 Å². The topological polar surface area (TPSA) is 43.8 Å². The van der Waals surface area contributed by atoms with E-state index >= 15 is 0 Å². The largest absolute Gasteiger partial charge is 0.399 e. The summed E-state index contributed by atoms with van der Waals surface area (Å²) in [6.07, 6.45) is 2.37. The molecule has 1 saturated carbocycles. The number of nitrogen functional groups attached to an aromatic ring is 1. The molecule has 1 aliphatic rings. The van der Waals surface area contributed by atoms with E-state index in [2.05, 4.69) is 20.5 Å². The number of halogens is 2. The zero-order valence-corrected chi connectivity index (χ0v) is 13.5. The summed E-state index contributed by atoms with van der Waals surface area (Å²) in [6, 6.07) is 11.8. The summed E-state index contributed by atoms with van der Waals surface area (Å²) in [5.74, 6) is 1.61. The maximum absolute atomic E-state index is 6.45. The van der Waals surface area contributed by atoms with E-state index in [1.807, 2.05) is 36.4 Å². The molecule has 0 amide bonds. The molecule has 0 atom stereocenters. The van der Waals surface area contributed by atoms with Gasteiger partial charge in [-0.05, 0) is 49.2 Å². The number of hydrogen-bond acceptors (Lipinski definition) is 2. The van der Waals surface area contributed by atoms with Gasteiger partial charge in [-0.3, -0.25) is 4.57 Å². The lowest BCUT2D eigenvalue weighted by molar-refractivity contribution is 0.896. The summed E-state index contributed by atoms with van der Waals surface area (Å²) in [5, 5.41) is 0.711. The second-order valence-electron chi connectivity index (χ2n) is 5.42. The lowest BCUT2D eigenvalue weighted by atomic mass is 10.2. The summed E-state index contributed by atoms with van der Waals surface area (Å²) in [4.78, 5) is 4.79. The highest BCUT2D eigenvalue weighted by Crippen LogP contribution is 2.43. The van der Waals surface area contributed by atoms with E-state index in [1.165, 1.54) is 12.8 Å². The number of imidazole rings is 1. The number of benzene rings is 2. The molecule has 4 rings (SSSR count). The van der Waals surface area contributed by atoms with E-state index in [4.69, 9.17) is 22.3 Å². The molecule has 0 radical (unpaired) electrons. The summed E-state index contributed by atoms with van der Waals surface area (Å²) in [6.45, 7) is 0. The third kappa shape index (κ3) is 2.23. The van der Waals surface area contributed by atoms with E-state index in [0.717, 1.165) is 32.7 Å². The molecule has 1 heterocycles. The maximum Gasteiger partial charge on any atom is 0.117 e. The number of aromatic nitrogens is 2. The standard InChI is InChI=1S/C16H13BrClN3/c17-10-3-5-14(12(18)7-10)21-15-6-4-11(19)8-13(15)20-16(21)9-1-2-9/h3-9H,1-2,19H2. The molecule has 106 valence electrons. The molecule has 2 aromatic carbocycles. The Bertz CT molecular complexity index is 852. The minimum Gasteiger partial charge on any atom is -0.399 e. The van der Waals surface area contributed by atoms with Crippen LogP contribution in [0.25, 0.3) is 16.7 Å². The molecule has 3 aromatic rings. The van der Waals surface area contributed by atoms with Gasteiger partial charge in [-0.15, -0.1) is 0 Å². The van der Waals surface area contributed by atoms with Gasteiger partial charge in [-0.1, -0.05) is 27.5 Å². The first-order valence-electron chi connectivity index (χ1n) is 6.87. The van der Waals surface area contributed by atoms with Gasteiger partial charge in [0.05, 0.1) is 21.7 Å². The van der Waals surface area contributed by atoms with Crippen LogP contribution >= 0.6 is 27.5 Å². The fourth-order valence-electron chi connectivity index (χ4n) is 2.65. The first-order chi connectivity index (χ1) is 10.1. The minimum absolute atomic E-state index is 0.526. The molecule has 1 aliphatic carbocycles. The molecule has 21 heavy (non-hydrogen) atoms. The van der Waals surface area contributed by atoms with Crippen molar-refractivity contribution in [2.75, 3.05) is 5.73 Å². The van der Waals surface area contributed by atoms with Crippen molar-refractivity contribution in [1.82, 2.24) is 9.55 Å². The van der Waals surface area contributed by atoms with Crippen LogP contribution in [0.15, 0.2) is 40.9 Å². The van der Waals surface area contributed by atoms with Gasteiger partial charge >= 0.3 is 0 Å². The Morgan fingerprint density at radius 2 is 2.00 bits per heavy atom. The van der Waals surface area contributed by atoms with Gasteiger partial charge < -0.3 is 5.73 Å². The first-order valence-corrected chi connectivity index (χ1v) is 8.04. The molecule has 1 aromatic heterocycles. The minimum atomic E-state index is 0.526. The quantitative estimate of drug-likeness (QED) is 0.659. The Hall–Kier alpha value is -1.52. The van der Waals surface area contributed by atoms with Crippen molar-refractivity contribution in [3.63, 3.8) is 0 Å². The van der Waals surface area contributed by atoms with E-state index in [-0.39, 0.29) is 0 Å². The molecule has 0 unspecified atom stereocenters. The Labute approximate surface area is 135 Å². The van der Waals surface area contributed by atoms with E-state index in [9.17, 15) is 0 Å². The van der Waals surface area contributed by atoms with Crippen molar-refractivity contribution in [2.24, 2.45) is 0 Å². The fraction of sp³-hybridized carbons (Fsp3) is 0.188. The number of hydrogen-bond donors (Lipinski definition) is 1. The molecular weight excluding hydrogens is 350 g/mol. The highest BCUT2D eigenvalue weighted by molar-refractivity contribution is 9.10. The van der Waals surface area contributed by atoms with Gasteiger partial charge in [0, 0.05) is 16.1 Å². The molecule has 3 nitrogen and oxygen atoms in total. The number of fused-ring (bicyclic) bond motifs is 1. The van der Waals surface area contributed by atoms with Crippen molar-refractivity contribution in [2.45, 2.75) is 18.8 Å². The molecule has 1 fully saturated rings. The Morgan fingerprint density at radius 3 is 2.71 bits per heavy atom. The van der Waals surface area contributed by atoms with Gasteiger partial charge in [0.15, 0.2) is 0 Å². The van der Waals surface area contributed by atoms with Crippen molar-refractivity contribution >= 4 is 44.3 Å². The van der Waals surface area contributed by atoms with Crippen LogP contribution < -0.4 is 5.73 Å². The zero-order valence-electron chi connectivity index (χ0n) is 11.2. The highest BCUT2D eigenvalue weighted by atomic mass is 79.9. The van der Waals surface area contributed by atoms with Crippen molar-refractivity contribution in [1.29, 1.82) is 0 Å². The van der Waals surface area contributed by atoms with Gasteiger partial charge in [0.25, 0.3) is 0 Å². The number of nitrogens with zero attached hydrogens (tertiary/aromatic N) is 2. The van der Waals surface area contributed by atoms with Gasteiger partial charge in [0.1, 0.15) is 5.82 Å². The highest BCUT2D eigenvalue weighted by Gasteiger charge is 2.30. The van der Waals surface area contributed by atoms with E-state index in [0.29, 0.717) is 10.9 Å².